The van der Waals surface area contributed by atoms with Crippen molar-refractivity contribution in [2.45, 2.75) is 18.3 Å². The first-order valence-corrected chi connectivity index (χ1v) is 7.53. The summed E-state index contributed by atoms with van der Waals surface area (Å²) in [6.45, 7) is 0. The second-order valence-electron chi connectivity index (χ2n) is 6.26. The van der Waals surface area contributed by atoms with Crippen molar-refractivity contribution in [1.82, 2.24) is 15.2 Å². The molecule has 4 aliphatic rings. The van der Waals surface area contributed by atoms with Gasteiger partial charge in [-0.2, -0.15) is 10.1 Å². The zero-order chi connectivity index (χ0) is 15.7. The number of nitrogens with one attached hydrogen (secondary N) is 1. The maximum absolute atomic E-state index is 12.9. The van der Waals surface area contributed by atoms with Crippen molar-refractivity contribution < 1.29 is 14.4 Å². The lowest BCUT2D eigenvalue weighted by molar-refractivity contribution is -0.134. The summed E-state index contributed by atoms with van der Waals surface area (Å²) in [7, 11) is 0. The zero-order valence-corrected chi connectivity index (χ0v) is 12.0. The van der Waals surface area contributed by atoms with Gasteiger partial charge in [-0.05, 0) is 11.1 Å². The standard InChI is InChI=1S/C16H12N4O3/c21-10-5-9-7-3-1-2-4-8(7)11(10)13-12(9)14(22)20(15(13)23)16-17-6-18-19-16/h1-4,6,9,11-13H,5H2,(H,17,18,19)/t9-,11-,12+,13+/m0/s1. The summed E-state index contributed by atoms with van der Waals surface area (Å²) in [6.07, 6.45) is 1.58. The van der Waals surface area contributed by atoms with Crippen molar-refractivity contribution in [3.63, 3.8) is 0 Å². The van der Waals surface area contributed by atoms with E-state index in [0.29, 0.717) is 6.42 Å². The number of hydrogen-bond acceptors (Lipinski definition) is 5. The van der Waals surface area contributed by atoms with Gasteiger partial charge in [-0.25, -0.2) is 10.00 Å². The Labute approximate surface area is 130 Å². The molecule has 23 heavy (non-hydrogen) atoms. The second kappa shape index (κ2) is 4.13. The van der Waals surface area contributed by atoms with Crippen LogP contribution in [-0.2, 0) is 14.4 Å². The van der Waals surface area contributed by atoms with E-state index < -0.39 is 17.8 Å². The van der Waals surface area contributed by atoms with Crippen molar-refractivity contribution >= 4 is 23.5 Å². The summed E-state index contributed by atoms with van der Waals surface area (Å²) in [4.78, 5) is 43.2. The number of aromatic amines is 1. The van der Waals surface area contributed by atoms with E-state index in [0.717, 1.165) is 16.0 Å². The summed E-state index contributed by atoms with van der Waals surface area (Å²) in [5.41, 5.74) is 1.93. The van der Waals surface area contributed by atoms with E-state index >= 15 is 0 Å². The molecule has 2 fully saturated rings. The number of imide groups is 1. The van der Waals surface area contributed by atoms with Crippen LogP contribution in [0.25, 0.3) is 0 Å². The van der Waals surface area contributed by atoms with Gasteiger partial charge in [0.2, 0.25) is 17.8 Å². The van der Waals surface area contributed by atoms with Gasteiger partial charge in [0.05, 0.1) is 17.8 Å². The van der Waals surface area contributed by atoms with Crippen molar-refractivity contribution in [3.8, 4) is 0 Å². The number of rotatable bonds is 1. The fraction of sp³-hybridized carbons (Fsp3) is 0.312. The van der Waals surface area contributed by atoms with Crippen LogP contribution in [-0.4, -0.2) is 32.8 Å². The van der Waals surface area contributed by atoms with Gasteiger partial charge in [0.1, 0.15) is 12.1 Å². The maximum Gasteiger partial charge on any atom is 0.241 e. The highest BCUT2D eigenvalue weighted by atomic mass is 16.2. The second-order valence-corrected chi connectivity index (χ2v) is 6.26. The van der Waals surface area contributed by atoms with E-state index in [-0.39, 0.29) is 29.5 Å². The Morgan fingerprint density at radius 3 is 2.52 bits per heavy atom. The Hall–Kier alpha value is -2.83. The molecule has 1 aliphatic heterocycles. The van der Waals surface area contributed by atoms with E-state index in [4.69, 9.17) is 0 Å². The van der Waals surface area contributed by atoms with E-state index in [1.54, 1.807) is 0 Å². The Bertz CT molecular complexity index is 860. The van der Waals surface area contributed by atoms with Gasteiger partial charge < -0.3 is 0 Å². The van der Waals surface area contributed by atoms with Gasteiger partial charge in [0.25, 0.3) is 0 Å². The lowest BCUT2D eigenvalue weighted by Gasteiger charge is -2.43. The first kappa shape index (κ1) is 12.7. The van der Waals surface area contributed by atoms with Crippen molar-refractivity contribution in [2.24, 2.45) is 11.8 Å². The smallest absolute Gasteiger partial charge is 0.241 e. The molecular weight excluding hydrogens is 296 g/mol. The Morgan fingerprint density at radius 2 is 1.78 bits per heavy atom. The number of fused-ring (bicyclic) bond motifs is 1. The van der Waals surface area contributed by atoms with Crippen molar-refractivity contribution in [3.05, 3.63) is 41.7 Å². The van der Waals surface area contributed by atoms with Gasteiger partial charge in [-0.3, -0.25) is 14.4 Å². The lowest BCUT2D eigenvalue weighted by atomic mass is 9.56. The fourth-order valence-electron chi connectivity index (χ4n) is 4.47. The quantitative estimate of drug-likeness (QED) is 0.785. The van der Waals surface area contributed by atoms with Gasteiger partial charge in [0, 0.05) is 12.3 Å². The highest BCUT2D eigenvalue weighted by Crippen LogP contribution is 2.57. The molecule has 1 saturated heterocycles. The van der Waals surface area contributed by atoms with Crippen LogP contribution in [0.15, 0.2) is 30.6 Å². The van der Waals surface area contributed by atoms with Crippen LogP contribution in [0.2, 0.25) is 0 Å². The van der Waals surface area contributed by atoms with Crippen LogP contribution in [0.5, 0.6) is 0 Å². The molecule has 3 aliphatic carbocycles. The van der Waals surface area contributed by atoms with Crippen LogP contribution in [0.1, 0.15) is 29.4 Å². The van der Waals surface area contributed by atoms with E-state index in [9.17, 15) is 14.4 Å². The number of benzene rings is 1. The lowest BCUT2D eigenvalue weighted by Crippen LogP contribution is -2.44. The molecule has 1 aromatic heterocycles. The Kier molecular flexibility index (Phi) is 2.28. The minimum absolute atomic E-state index is 0.0514. The third kappa shape index (κ3) is 1.42. The molecule has 2 heterocycles. The van der Waals surface area contributed by atoms with Crippen LogP contribution >= 0.6 is 0 Å². The van der Waals surface area contributed by atoms with Crippen LogP contribution < -0.4 is 4.90 Å². The largest absolute Gasteiger partial charge is 0.299 e. The summed E-state index contributed by atoms with van der Waals surface area (Å²) >= 11 is 0. The molecule has 0 unspecified atom stereocenters. The molecule has 2 bridgehead atoms. The molecule has 6 rings (SSSR count). The fourth-order valence-corrected chi connectivity index (χ4v) is 4.47. The predicted octanol–water partition coefficient (Wildman–Crippen LogP) is 0.764. The number of ketones is 1. The molecule has 1 aromatic carbocycles. The van der Waals surface area contributed by atoms with Gasteiger partial charge in [-0.1, -0.05) is 24.3 Å². The van der Waals surface area contributed by atoms with Crippen LogP contribution in [0.4, 0.5) is 5.95 Å². The molecule has 4 atom stereocenters. The summed E-state index contributed by atoms with van der Waals surface area (Å²) in [5.74, 6) is -2.30. The Morgan fingerprint density at radius 1 is 1.04 bits per heavy atom. The number of H-pyrrole nitrogens is 1. The van der Waals surface area contributed by atoms with Gasteiger partial charge in [0.15, 0.2) is 0 Å². The first-order valence-electron chi connectivity index (χ1n) is 7.53. The van der Waals surface area contributed by atoms with Gasteiger partial charge in [-0.15, -0.1) is 0 Å². The monoisotopic (exact) mass is 308 g/mol. The molecule has 7 heteroatoms. The zero-order valence-electron chi connectivity index (χ0n) is 12.0. The summed E-state index contributed by atoms with van der Waals surface area (Å²) in [5, 5.41) is 6.28. The molecule has 0 spiro atoms. The maximum atomic E-state index is 12.9. The van der Waals surface area contributed by atoms with Crippen LogP contribution in [0.3, 0.4) is 0 Å². The number of nitrogens with zero attached hydrogens (tertiary/aromatic N) is 3. The minimum atomic E-state index is -0.617. The third-order valence-corrected chi connectivity index (χ3v) is 5.30. The molecule has 1 N–H and O–H groups in total. The average molecular weight is 308 g/mol. The minimum Gasteiger partial charge on any atom is -0.299 e. The third-order valence-electron chi connectivity index (χ3n) is 5.30. The number of aromatic nitrogens is 3. The molecule has 114 valence electrons. The van der Waals surface area contributed by atoms with E-state index in [1.165, 1.54) is 6.33 Å². The van der Waals surface area contributed by atoms with Gasteiger partial charge >= 0.3 is 0 Å². The Balaban J connectivity index is 1.69. The number of anilines is 1. The molecule has 0 radical (unpaired) electrons. The molecule has 2 amide bonds. The highest BCUT2D eigenvalue weighted by Gasteiger charge is 2.63. The van der Waals surface area contributed by atoms with E-state index in [2.05, 4.69) is 15.2 Å². The predicted molar refractivity (Wildman–Crippen MR) is 77.4 cm³/mol. The highest BCUT2D eigenvalue weighted by molar-refractivity contribution is 6.23. The molecule has 2 aromatic rings. The number of carbonyl (C=O) groups is 3. The molecule has 7 nitrogen and oxygen atoms in total. The number of carbonyl (C=O) groups excluding carboxylic acids is 3. The van der Waals surface area contributed by atoms with Crippen molar-refractivity contribution in [1.29, 1.82) is 0 Å². The first-order chi connectivity index (χ1) is 11.2. The van der Waals surface area contributed by atoms with Crippen molar-refractivity contribution in [2.75, 3.05) is 4.90 Å². The summed E-state index contributed by atoms with van der Waals surface area (Å²) < 4.78 is 0. The van der Waals surface area contributed by atoms with Crippen LogP contribution in [0, 0.1) is 11.8 Å². The number of Topliss-reactive ketones (excluding diaryl/α,β-unsaturated/α-hetero) is 1. The average Bonchev–Trinajstić information content (AvgIpc) is 3.16. The SMILES string of the molecule is O=C1C[C@H]2c3ccccc3[C@@H]1[C@H]1C(=O)N(c3ncn[nH]3)C(=O)[C@@H]12. The molecule has 1 saturated carbocycles. The number of hydrogen-bond donors (Lipinski definition) is 1. The topological polar surface area (TPSA) is 96.0 Å². The molecular formula is C16H12N4O3. The number of amides is 2. The van der Waals surface area contributed by atoms with E-state index in [1.807, 2.05) is 24.3 Å². The normalized spacial score (nSPS) is 31.5. The summed E-state index contributed by atoms with van der Waals surface area (Å²) in [6, 6.07) is 7.64.